The van der Waals surface area contributed by atoms with E-state index >= 15 is 0 Å². The molecule has 0 radical (unpaired) electrons. The molecular weight excluding hydrogens is 226 g/mol. The molecule has 0 aromatic carbocycles. The first-order valence-corrected chi connectivity index (χ1v) is 7.50. The van der Waals surface area contributed by atoms with Gasteiger partial charge in [0, 0.05) is 6.61 Å². The fourth-order valence-electron chi connectivity index (χ4n) is 3.43. The lowest BCUT2D eigenvalue weighted by molar-refractivity contribution is -0.0545. The predicted octanol–water partition coefficient (Wildman–Crippen LogP) is 3.01. The third-order valence-corrected chi connectivity index (χ3v) is 4.15. The van der Waals surface area contributed by atoms with Crippen molar-refractivity contribution < 1.29 is 9.47 Å². The summed E-state index contributed by atoms with van der Waals surface area (Å²) >= 11 is 0. The lowest BCUT2D eigenvalue weighted by atomic mass is 9.84. The maximum absolute atomic E-state index is 6.20. The number of rotatable bonds is 6. The first-order chi connectivity index (χ1) is 8.82. The van der Waals surface area contributed by atoms with Crippen LogP contribution in [0.1, 0.15) is 52.4 Å². The van der Waals surface area contributed by atoms with E-state index in [0.29, 0.717) is 6.04 Å². The Morgan fingerprint density at radius 2 is 2.11 bits per heavy atom. The Balaban J connectivity index is 2.18. The molecule has 1 heterocycles. The average molecular weight is 253 g/mol. The molecule has 1 N–H and O–H groups in total. The van der Waals surface area contributed by atoms with Crippen LogP contribution in [0.15, 0.2) is 11.8 Å². The quantitative estimate of drug-likeness (QED) is 0.789. The summed E-state index contributed by atoms with van der Waals surface area (Å²) in [5.74, 6) is 0. The van der Waals surface area contributed by atoms with E-state index in [1.807, 2.05) is 6.26 Å². The number of ether oxygens (including phenoxy) is 2. The predicted molar refractivity (Wildman–Crippen MR) is 73.6 cm³/mol. The maximum Gasteiger partial charge on any atom is 0.0876 e. The molecule has 1 unspecified atom stereocenters. The molecule has 1 fully saturated rings. The molecule has 18 heavy (non-hydrogen) atoms. The van der Waals surface area contributed by atoms with Crippen LogP contribution in [-0.4, -0.2) is 31.4 Å². The van der Waals surface area contributed by atoms with Crippen molar-refractivity contribution >= 4 is 0 Å². The van der Waals surface area contributed by atoms with Crippen molar-refractivity contribution in [2.45, 2.75) is 64.0 Å². The molecule has 0 bridgehead atoms. The summed E-state index contributed by atoms with van der Waals surface area (Å²) in [4.78, 5) is 0. The fraction of sp³-hybridized carbons (Fsp3) is 0.867. The van der Waals surface area contributed by atoms with Crippen LogP contribution in [0.2, 0.25) is 0 Å². The Hall–Kier alpha value is -0.540. The molecule has 104 valence electrons. The van der Waals surface area contributed by atoms with Crippen molar-refractivity contribution in [2.24, 2.45) is 0 Å². The molecule has 2 rings (SSSR count). The molecule has 0 saturated heterocycles. The van der Waals surface area contributed by atoms with E-state index in [4.69, 9.17) is 9.47 Å². The fourth-order valence-corrected chi connectivity index (χ4v) is 3.43. The van der Waals surface area contributed by atoms with Crippen molar-refractivity contribution in [3.63, 3.8) is 0 Å². The summed E-state index contributed by atoms with van der Waals surface area (Å²) in [6, 6.07) is 0.338. The van der Waals surface area contributed by atoms with E-state index < -0.39 is 0 Å². The first-order valence-electron chi connectivity index (χ1n) is 7.50. The van der Waals surface area contributed by atoms with Gasteiger partial charge < -0.3 is 14.8 Å². The van der Waals surface area contributed by atoms with Gasteiger partial charge in [-0.3, -0.25) is 0 Å². The third-order valence-electron chi connectivity index (χ3n) is 4.15. The molecule has 2 aliphatic rings. The monoisotopic (exact) mass is 253 g/mol. The zero-order valence-electron chi connectivity index (χ0n) is 11.8. The molecule has 3 nitrogen and oxygen atoms in total. The largest absolute Gasteiger partial charge is 0.501 e. The summed E-state index contributed by atoms with van der Waals surface area (Å²) in [5, 5.41) is 3.65. The zero-order valence-corrected chi connectivity index (χ0v) is 11.8. The highest BCUT2D eigenvalue weighted by molar-refractivity contribution is 5.18. The Labute approximate surface area is 111 Å². The SMILES string of the molecule is CCNC(C1=COCCC1)C1(OCC)CCCC1. The molecule has 1 atom stereocenters. The van der Waals surface area contributed by atoms with Crippen LogP contribution in [-0.2, 0) is 9.47 Å². The van der Waals surface area contributed by atoms with Gasteiger partial charge >= 0.3 is 0 Å². The minimum absolute atomic E-state index is 0.0112. The van der Waals surface area contributed by atoms with Gasteiger partial charge in [0.1, 0.15) is 0 Å². The van der Waals surface area contributed by atoms with E-state index in [1.54, 1.807) is 0 Å². The summed E-state index contributed by atoms with van der Waals surface area (Å²) in [7, 11) is 0. The Morgan fingerprint density at radius 1 is 1.33 bits per heavy atom. The second kappa shape index (κ2) is 6.58. The van der Waals surface area contributed by atoms with E-state index in [2.05, 4.69) is 19.2 Å². The summed E-state index contributed by atoms with van der Waals surface area (Å²) in [6.45, 7) is 6.93. The number of nitrogens with one attached hydrogen (secondary N) is 1. The third kappa shape index (κ3) is 2.89. The van der Waals surface area contributed by atoms with Gasteiger partial charge in [-0.1, -0.05) is 19.8 Å². The summed E-state index contributed by atoms with van der Waals surface area (Å²) in [5.41, 5.74) is 1.41. The van der Waals surface area contributed by atoms with Crippen LogP contribution in [0.4, 0.5) is 0 Å². The van der Waals surface area contributed by atoms with Gasteiger partial charge in [-0.25, -0.2) is 0 Å². The lowest BCUT2D eigenvalue weighted by Gasteiger charge is -2.40. The van der Waals surface area contributed by atoms with Gasteiger partial charge in [0.15, 0.2) is 0 Å². The molecule has 1 saturated carbocycles. The van der Waals surface area contributed by atoms with Crippen LogP contribution in [0.5, 0.6) is 0 Å². The van der Waals surface area contributed by atoms with E-state index in [0.717, 1.165) is 32.6 Å². The van der Waals surface area contributed by atoms with Crippen LogP contribution in [0.25, 0.3) is 0 Å². The Bertz CT molecular complexity index is 282. The van der Waals surface area contributed by atoms with Crippen molar-refractivity contribution in [2.75, 3.05) is 19.8 Å². The molecule has 0 aromatic heterocycles. The molecule has 0 aromatic rings. The van der Waals surface area contributed by atoms with Crippen LogP contribution in [0.3, 0.4) is 0 Å². The van der Waals surface area contributed by atoms with Gasteiger partial charge in [-0.05, 0) is 44.7 Å². The van der Waals surface area contributed by atoms with Crippen molar-refractivity contribution in [1.82, 2.24) is 5.32 Å². The molecule has 1 aliphatic heterocycles. The Kier molecular flexibility index (Phi) is 5.07. The van der Waals surface area contributed by atoms with Gasteiger partial charge in [-0.15, -0.1) is 0 Å². The molecule has 3 heteroatoms. The molecule has 0 spiro atoms. The van der Waals surface area contributed by atoms with E-state index in [9.17, 15) is 0 Å². The number of likely N-dealkylation sites (N-methyl/N-ethyl adjacent to an activating group) is 1. The van der Waals surface area contributed by atoms with Gasteiger partial charge in [0.25, 0.3) is 0 Å². The lowest BCUT2D eigenvalue weighted by Crippen LogP contribution is -2.52. The molecular formula is C15H27NO2. The van der Waals surface area contributed by atoms with Crippen molar-refractivity contribution in [1.29, 1.82) is 0 Å². The number of hydrogen-bond acceptors (Lipinski definition) is 3. The van der Waals surface area contributed by atoms with E-state index in [-0.39, 0.29) is 5.60 Å². The summed E-state index contributed by atoms with van der Waals surface area (Å²) in [6.07, 6.45) is 9.19. The Morgan fingerprint density at radius 3 is 2.67 bits per heavy atom. The van der Waals surface area contributed by atoms with E-state index in [1.165, 1.54) is 31.3 Å². The van der Waals surface area contributed by atoms with Gasteiger partial charge in [-0.2, -0.15) is 0 Å². The average Bonchev–Trinajstić information content (AvgIpc) is 2.87. The minimum atomic E-state index is 0.0112. The minimum Gasteiger partial charge on any atom is -0.501 e. The standard InChI is InChI=1S/C15H27NO2/c1-3-16-14(13-8-7-11-17-12-13)15(18-4-2)9-5-6-10-15/h12,14,16H,3-11H2,1-2H3. The zero-order chi connectivity index (χ0) is 12.8. The topological polar surface area (TPSA) is 30.5 Å². The van der Waals surface area contributed by atoms with Crippen LogP contribution >= 0.6 is 0 Å². The summed E-state index contributed by atoms with van der Waals surface area (Å²) < 4.78 is 11.7. The van der Waals surface area contributed by atoms with Crippen LogP contribution in [0, 0.1) is 0 Å². The smallest absolute Gasteiger partial charge is 0.0876 e. The normalized spacial score (nSPS) is 24.4. The maximum atomic E-state index is 6.20. The molecule has 1 aliphatic carbocycles. The van der Waals surface area contributed by atoms with Crippen molar-refractivity contribution in [3.05, 3.63) is 11.8 Å². The second-order valence-corrected chi connectivity index (χ2v) is 5.36. The molecule has 0 amide bonds. The van der Waals surface area contributed by atoms with Gasteiger partial charge in [0.05, 0.1) is 24.5 Å². The van der Waals surface area contributed by atoms with Gasteiger partial charge in [0.2, 0.25) is 0 Å². The highest BCUT2D eigenvalue weighted by Gasteiger charge is 2.43. The van der Waals surface area contributed by atoms with Crippen LogP contribution < -0.4 is 5.32 Å². The number of hydrogen-bond donors (Lipinski definition) is 1. The highest BCUT2D eigenvalue weighted by Crippen LogP contribution is 2.40. The highest BCUT2D eigenvalue weighted by atomic mass is 16.5. The second-order valence-electron chi connectivity index (χ2n) is 5.36. The first kappa shape index (κ1) is 13.9. The van der Waals surface area contributed by atoms with Crippen molar-refractivity contribution in [3.8, 4) is 0 Å².